The fourth-order valence-electron chi connectivity index (χ4n) is 1.37. The van der Waals surface area contributed by atoms with Gasteiger partial charge in [-0.25, -0.2) is 0 Å². The number of methoxy groups -OCH3 is 1. The molecule has 0 aliphatic rings. The lowest BCUT2D eigenvalue weighted by atomic mass is 10.3. The highest BCUT2D eigenvalue weighted by molar-refractivity contribution is 5.89. The van der Waals surface area contributed by atoms with Crippen LogP contribution >= 0.6 is 0 Å². The molecule has 0 saturated carbocycles. The Morgan fingerprint density at radius 2 is 2.41 bits per heavy atom. The average Bonchev–Trinajstić information content (AvgIpc) is 2.74. The van der Waals surface area contributed by atoms with E-state index >= 15 is 0 Å². The number of aromatic nitrogens is 2. The number of rotatable bonds is 8. The number of hydrogen-bond donors (Lipinski definition) is 2. The fourth-order valence-corrected chi connectivity index (χ4v) is 1.37. The van der Waals surface area contributed by atoms with Crippen LogP contribution in [0.5, 0.6) is 0 Å². The van der Waals surface area contributed by atoms with Crippen molar-refractivity contribution >= 4 is 11.7 Å². The molecule has 6 nitrogen and oxygen atoms in total. The normalized spacial score (nSPS) is 10.5. The van der Waals surface area contributed by atoms with Gasteiger partial charge in [-0.1, -0.05) is 0 Å². The number of ether oxygens (including phenoxy) is 1. The SMILES string of the molecule is CNCCCC(=O)Nc1ccn(CCOC)n1. The summed E-state index contributed by atoms with van der Waals surface area (Å²) in [7, 11) is 3.52. The molecule has 0 saturated heterocycles. The number of nitrogens with zero attached hydrogens (tertiary/aromatic N) is 2. The highest BCUT2D eigenvalue weighted by Crippen LogP contribution is 2.03. The number of carbonyl (C=O) groups is 1. The minimum Gasteiger partial charge on any atom is -0.383 e. The first-order valence-electron chi connectivity index (χ1n) is 5.73. The zero-order chi connectivity index (χ0) is 12.5. The lowest BCUT2D eigenvalue weighted by Crippen LogP contribution is -2.15. The van der Waals surface area contributed by atoms with E-state index in [0.29, 0.717) is 25.4 Å². The standard InChI is InChI=1S/C11H20N4O2/c1-12-6-3-4-11(16)13-10-5-7-15(14-10)8-9-17-2/h5,7,12H,3-4,6,8-9H2,1-2H3,(H,13,14,16). The smallest absolute Gasteiger partial charge is 0.225 e. The highest BCUT2D eigenvalue weighted by atomic mass is 16.5. The van der Waals surface area contributed by atoms with Crippen molar-refractivity contribution < 1.29 is 9.53 Å². The number of hydrogen-bond acceptors (Lipinski definition) is 4. The van der Waals surface area contributed by atoms with Gasteiger partial charge in [0.25, 0.3) is 0 Å². The molecule has 2 N–H and O–H groups in total. The lowest BCUT2D eigenvalue weighted by molar-refractivity contribution is -0.116. The second kappa shape index (κ2) is 7.81. The van der Waals surface area contributed by atoms with E-state index < -0.39 is 0 Å². The quantitative estimate of drug-likeness (QED) is 0.648. The Labute approximate surface area is 101 Å². The van der Waals surface area contributed by atoms with Gasteiger partial charge in [-0.2, -0.15) is 5.10 Å². The molecule has 0 radical (unpaired) electrons. The van der Waals surface area contributed by atoms with E-state index in [2.05, 4.69) is 15.7 Å². The van der Waals surface area contributed by atoms with Gasteiger partial charge in [0.15, 0.2) is 5.82 Å². The average molecular weight is 240 g/mol. The molecule has 6 heteroatoms. The topological polar surface area (TPSA) is 68.2 Å². The zero-order valence-electron chi connectivity index (χ0n) is 10.4. The molecule has 0 aliphatic heterocycles. The summed E-state index contributed by atoms with van der Waals surface area (Å²) >= 11 is 0. The second-order valence-corrected chi connectivity index (χ2v) is 3.71. The van der Waals surface area contributed by atoms with Gasteiger partial charge in [-0.3, -0.25) is 9.48 Å². The molecule has 0 bridgehead atoms. The van der Waals surface area contributed by atoms with Crippen LogP contribution in [0.3, 0.4) is 0 Å². The van der Waals surface area contributed by atoms with Crippen LogP contribution in [0.4, 0.5) is 5.82 Å². The maximum absolute atomic E-state index is 11.5. The zero-order valence-corrected chi connectivity index (χ0v) is 10.4. The van der Waals surface area contributed by atoms with Gasteiger partial charge in [0.2, 0.25) is 5.91 Å². The van der Waals surface area contributed by atoms with E-state index in [1.807, 2.05) is 13.2 Å². The molecule has 1 amide bonds. The summed E-state index contributed by atoms with van der Waals surface area (Å²) in [6, 6.07) is 1.78. The maximum atomic E-state index is 11.5. The van der Waals surface area contributed by atoms with Crippen LogP contribution in [-0.2, 0) is 16.1 Å². The van der Waals surface area contributed by atoms with Crippen LogP contribution < -0.4 is 10.6 Å². The molecule has 1 heterocycles. The molecular weight excluding hydrogens is 220 g/mol. The molecule has 96 valence electrons. The van der Waals surface area contributed by atoms with Crippen molar-refractivity contribution in [2.45, 2.75) is 19.4 Å². The molecular formula is C11H20N4O2. The Morgan fingerprint density at radius 3 is 3.12 bits per heavy atom. The van der Waals surface area contributed by atoms with E-state index in [1.54, 1.807) is 17.9 Å². The van der Waals surface area contributed by atoms with E-state index in [-0.39, 0.29) is 5.91 Å². The Morgan fingerprint density at radius 1 is 1.59 bits per heavy atom. The third kappa shape index (κ3) is 5.46. The van der Waals surface area contributed by atoms with Crippen LogP contribution in [0, 0.1) is 0 Å². The molecule has 0 spiro atoms. The van der Waals surface area contributed by atoms with Gasteiger partial charge in [0.05, 0.1) is 13.2 Å². The third-order valence-corrected chi connectivity index (χ3v) is 2.26. The lowest BCUT2D eigenvalue weighted by Gasteiger charge is -2.02. The largest absolute Gasteiger partial charge is 0.383 e. The Kier molecular flexibility index (Phi) is 6.27. The highest BCUT2D eigenvalue weighted by Gasteiger charge is 2.04. The summed E-state index contributed by atoms with van der Waals surface area (Å²) in [6.07, 6.45) is 3.15. The van der Waals surface area contributed by atoms with E-state index in [0.717, 1.165) is 13.0 Å². The molecule has 1 aromatic heterocycles. The summed E-state index contributed by atoms with van der Waals surface area (Å²) in [5, 5.41) is 9.96. The van der Waals surface area contributed by atoms with Gasteiger partial charge >= 0.3 is 0 Å². The van der Waals surface area contributed by atoms with Gasteiger partial charge < -0.3 is 15.4 Å². The van der Waals surface area contributed by atoms with E-state index in [9.17, 15) is 4.79 Å². The van der Waals surface area contributed by atoms with Crippen molar-refractivity contribution in [1.82, 2.24) is 15.1 Å². The number of carbonyl (C=O) groups excluding carboxylic acids is 1. The molecule has 1 rings (SSSR count). The molecule has 0 aromatic carbocycles. The van der Waals surface area contributed by atoms with Crippen LogP contribution in [0.2, 0.25) is 0 Å². The maximum Gasteiger partial charge on any atom is 0.225 e. The number of anilines is 1. The monoisotopic (exact) mass is 240 g/mol. The first-order chi connectivity index (χ1) is 8.26. The molecule has 0 fully saturated rings. The number of nitrogens with one attached hydrogen (secondary N) is 2. The van der Waals surface area contributed by atoms with Crippen LogP contribution in [0.25, 0.3) is 0 Å². The van der Waals surface area contributed by atoms with E-state index in [1.165, 1.54) is 0 Å². The van der Waals surface area contributed by atoms with Gasteiger partial charge in [0.1, 0.15) is 0 Å². The van der Waals surface area contributed by atoms with Gasteiger partial charge in [-0.15, -0.1) is 0 Å². The summed E-state index contributed by atoms with van der Waals surface area (Å²) in [6.45, 7) is 2.14. The summed E-state index contributed by atoms with van der Waals surface area (Å²) in [5.74, 6) is 0.591. The van der Waals surface area contributed by atoms with Crippen molar-refractivity contribution in [3.8, 4) is 0 Å². The molecule has 0 unspecified atom stereocenters. The third-order valence-electron chi connectivity index (χ3n) is 2.26. The van der Waals surface area contributed by atoms with Crippen molar-refractivity contribution in [3.63, 3.8) is 0 Å². The molecule has 0 aliphatic carbocycles. The van der Waals surface area contributed by atoms with Gasteiger partial charge in [-0.05, 0) is 20.0 Å². The Balaban J connectivity index is 2.30. The fraction of sp³-hybridized carbons (Fsp3) is 0.636. The molecule has 17 heavy (non-hydrogen) atoms. The van der Waals surface area contributed by atoms with Crippen molar-refractivity contribution in [1.29, 1.82) is 0 Å². The Bertz CT molecular complexity index is 338. The summed E-state index contributed by atoms with van der Waals surface area (Å²) in [5.41, 5.74) is 0. The predicted octanol–water partition coefficient (Wildman–Crippen LogP) is 0.468. The van der Waals surface area contributed by atoms with E-state index in [4.69, 9.17) is 4.74 Å². The van der Waals surface area contributed by atoms with Crippen molar-refractivity contribution in [2.24, 2.45) is 0 Å². The second-order valence-electron chi connectivity index (χ2n) is 3.71. The molecule has 0 atom stereocenters. The predicted molar refractivity (Wildman–Crippen MR) is 65.9 cm³/mol. The minimum atomic E-state index is -0.00255. The summed E-state index contributed by atoms with van der Waals surface area (Å²) < 4.78 is 6.69. The summed E-state index contributed by atoms with van der Waals surface area (Å²) in [4.78, 5) is 11.5. The van der Waals surface area contributed by atoms with Crippen molar-refractivity contribution in [2.75, 3.05) is 32.6 Å². The van der Waals surface area contributed by atoms with Crippen LogP contribution in [0.1, 0.15) is 12.8 Å². The molecule has 1 aromatic rings. The number of amides is 1. The first kappa shape index (κ1) is 13.7. The van der Waals surface area contributed by atoms with Gasteiger partial charge in [0, 0.05) is 25.8 Å². The van der Waals surface area contributed by atoms with Crippen molar-refractivity contribution in [3.05, 3.63) is 12.3 Å². The first-order valence-corrected chi connectivity index (χ1v) is 5.73. The minimum absolute atomic E-state index is 0.00255. The van der Waals surface area contributed by atoms with Crippen LogP contribution in [0.15, 0.2) is 12.3 Å². The Hall–Kier alpha value is -1.40. The van der Waals surface area contributed by atoms with Crippen LogP contribution in [-0.4, -0.2) is 43.0 Å².